The fourth-order valence-electron chi connectivity index (χ4n) is 1.96. The topological polar surface area (TPSA) is 49.3 Å². The van der Waals surface area contributed by atoms with E-state index in [1.807, 2.05) is 36.4 Å². The van der Waals surface area contributed by atoms with Gasteiger partial charge in [0.25, 0.3) is 0 Å². The van der Waals surface area contributed by atoms with E-state index in [2.05, 4.69) is 4.99 Å². The van der Waals surface area contributed by atoms with Gasteiger partial charge in [0.1, 0.15) is 11.5 Å². The first-order chi connectivity index (χ1) is 10.7. The Bertz CT molecular complexity index is 645. The number of nitrogens with zero attached hydrogens (tertiary/aromatic N) is 1. The lowest BCUT2D eigenvalue weighted by Crippen LogP contribution is -1.91. The van der Waals surface area contributed by atoms with Crippen LogP contribution >= 0.6 is 0 Å². The maximum absolute atomic E-state index is 5.26. The minimum absolute atomic E-state index is 0.639. The molecule has 0 unspecified atom stereocenters. The largest absolute Gasteiger partial charge is 0.497 e. The monoisotopic (exact) mass is 301 g/mol. The fraction of sp³-hybridized carbons (Fsp3) is 0.235. The maximum atomic E-state index is 5.26. The van der Waals surface area contributed by atoms with E-state index in [0.717, 1.165) is 11.3 Å². The predicted molar refractivity (Wildman–Crippen MR) is 86.3 cm³/mol. The molecular weight excluding hydrogens is 282 g/mol. The molecule has 0 amide bonds. The highest BCUT2D eigenvalue weighted by Crippen LogP contribution is 2.31. The molecule has 0 spiro atoms. The molecule has 0 radical (unpaired) electrons. The Labute approximate surface area is 130 Å². The Morgan fingerprint density at radius 2 is 1.36 bits per heavy atom. The highest BCUT2D eigenvalue weighted by Gasteiger charge is 2.04. The van der Waals surface area contributed by atoms with Crippen LogP contribution in [-0.4, -0.2) is 34.7 Å². The summed E-state index contributed by atoms with van der Waals surface area (Å²) in [7, 11) is 6.43. The van der Waals surface area contributed by atoms with Gasteiger partial charge in [-0.2, -0.15) is 0 Å². The van der Waals surface area contributed by atoms with Gasteiger partial charge in [-0.3, -0.25) is 4.99 Å². The van der Waals surface area contributed by atoms with Gasteiger partial charge in [-0.15, -0.1) is 0 Å². The SMILES string of the molecule is COc1cc(C=Nc2ccc(OC)c(OC)c2)cc(OC)c1. The number of methoxy groups -OCH3 is 4. The molecule has 0 aliphatic rings. The first-order valence-electron chi connectivity index (χ1n) is 6.69. The molecule has 0 aliphatic carbocycles. The van der Waals surface area contributed by atoms with Crippen molar-refractivity contribution in [1.82, 2.24) is 0 Å². The molecule has 116 valence electrons. The lowest BCUT2D eigenvalue weighted by molar-refractivity contribution is 0.355. The standard InChI is InChI=1S/C17H19NO4/c1-19-14-7-12(8-15(10-14)20-2)11-18-13-5-6-16(21-3)17(9-13)22-4/h5-11H,1-4H3. The predicted octanol–water partition coefficient (Wildman–Crippen LogP) is 3.47. The van der Waals surface area contributed by atoms with E-state index >= 15 is 0 Å². The van der Waals surface area contributed by atoms with Crippen molar-refractivity contribution in [2.24, 2.45) is 4.99 Å². The van der Waals surface area contributed by atoms with Crippen molar-refractivity contribution in [3.63, 3.8) is 0 Å². The molecule has 0 heterocycles. The molecule has 2 rings (SSSR count). The molecule has 0 saturated heterocycles. The number of rotatable bonds is 6. The highest BCUT2D eigenvalue weighted by molar-refractivity contribution is 5.83. The van der Waals surface area contributed by atoms with Crippen LogP contribution in [-0.2, 0) is 0 Å². The number of ether oxygens (including phenoxy) is 4. The van der Waals surface area contributed by atoms with E-state index in [-0.39, 0.29) is 0 Å². The van der Waals surface area contributed by atoms with E-state index in [9.17, 15) is 0 Å². The van der Waals surface area contributed by atoms with Crippen LogP contribution in [0.3, 0.4) is 0 Å². The molecule has 2 aromatic carbocycles. The molecule has 0 bridgehead atoms. The summed E-state index contributed by atoms with van der Waals surface area (Å²) >= 11 is 0. The van der Waals surface area contributed by atoms with Crippen LogP contribution in [0.1, 0.15) is 5.56 Å². The summed E-state index contributed by atoms with van der Waals surface area (Å²) in [6.45, 7) is 0. The van der Waals surface area contributed by atoms with Crippen LogP contribution in [0.15, 0.2) is 41.4 Å². The molecule has 2 aromatic rings. The average Bonchev–Trinajstić information content (AvgIpc) is 2.59. The third kappa shape index (κ3) is 3.69. The van der Waals surface area contributed by atoms with Crippen LogP contribution in [0.2, 0.25) is 0 Å². The molecule has 0 saturated carbocycles. The Morgan fingerprint density at radius 3 is 1.91 bits per heavy atom. The quantitative estimate of drug-likeness (QED) is 0.767. The zero-order chi connectivity index (χ0) is 15.9. The second-order valence-electron chi connectivity index (χ2n) is 4.44. The molecule has 0 atom stereocenters. The summed E-state index contributed by atoms with van der Waals surface area (Å²) < 4.78 is 20.9. The molecule has 5 nitrogen and oxygen atoms in total. The minimum atomic E-state index is 0.639. The summed E-state index contributed by atoms with van der Waals surface area (Å²) in [4.78, 5) is 4.44. The summed E-state index contributed by atoms with van der Waals surface area (Å²) in [5, 5.41) is 0. The molecule has 0 aromatic heterocycles. The molecule has 0 aliphatic heterocycles. The van der Waals surface area contributed by atoms with Crippen LogP contribution in [0.4, 0.5) is 5.69 Å². The van der Waals surface area contributed by atoms with Gasteiger partial charge in [0, 0.05) is 23.9 Å². The van der Waals surface area contributed by atoms with Crippen molar-refractivity contribution in [2.45, 2.75) is 0 Å². The fourth-order valence-corrected chi connectivity index (χ4v) is 1.96. The van der Waals surface area contributed by atoms with Crippen molar-refractivity contribution >= 4 is 11.9 Å². The van der Waals surface area contributed by atoms with Crippen LogP contribution in [0.5, 0.6) is 23.0 Å². The molecule has 22 heavy (non-hydrogen) atoms. The molecule has 0 N–H and O–H groups in total. The van der Waals surface area contributed by atoms with Gasteiger partial charge < -0.3 is 18.9 Å². The van der Waals surface area contributed by atoms with Gasteiger partial charge in [0.2, 0.25) is 0 Å². The van der Waals surface area contributed by atoms with Crippen molar-refractivity contribution in [3.8, 4) is 23.0 Å². The lowest BCUT2D eigenvalue weighted by Gasteiger charge is -2.07. The smallest absolute Gasteiger partial charge is 0.162 e. The normalized spacial score (nSPS) is 10.5. The summed E-state index contributed by atoms with van der Waals surface area (Å²) in [5.74, 6) is 2.74. The van der Waals surface area contributed by atoms with Crippen molar-refractivity contribution in [1.29, 1.82) is 0 Å². The van der Waals surface area contributed by atoms with E-state index in [1.165, 1.54) is 0 Å². The van der Waals surface area contributed by atoms with Gasteiger partial charge >= 0.3 is 0 Å². The summed E-state index contributed by atoms with van der Waals surface area (Å²) in [6, 6.07) is 11.1. The second-order valence-corrected chi connectivity index (χ2v) is 4.44. The number of aliphatic imine (C=N–C) groups is 1. The van der Waals surface area contributed by atoms with E-state index < -0.39 is 0 Å². The van der Waals surface area contributed by atoms with Gasteiger partial charge in [-0.1, -0.05) is 0 Å². The van der Waals surface area contributed by atoms with Crippen molar-refractivity contribution in [3.05, 3.63) is 42.0 Å². The molecule has 0 fully saturated rings. The van der Waals surface area contributed by atoms with E-state index in [0.29, 0.717) is 23.0 Å². The van der Waals surface area contributed by atoms with Gasteiger partial charge in [0.15, 0.2) is 11.5 Å². The van der Waals surface area contributed by atoms with Crippen LogP contribution in [0.25, 0.3) is 0 Å². The number of hydrogen-bond donors (Lipinski definition) is 0. The van der Waals surface area contributed by atoms with Crippen LogP contribution < -0.4 is 18.9 Å². The third-order valence-corrected chi connectivity index (χ3v) is 3.10. The minimum Gasteiger partial charge on any atom is -0.497 e. The van der Waals surface area contributed by atoms with Crippen LogP contribution in [0, 0.1) is 0 Å². The first-order valence-corrected chi connectivity index (χ1v) is 6.69. The summed E-state index contributed by atoms with van der Waals surface area (Å²) in [6.07, 6.45) is 1.74. The third-order valence-electron chi connectivity index (χ3n) is 3.10. The van der Waals surface area contributed by atoms with Gasteiger partial charge in [0.05, 0.1) is 34.1 Å². The van der Waals surface area contributed by atoms with Gasteiger partial charge in [-0.25, -0.2) is 0 Å². The average molecular weight is 301 g/mol. The zero-order valence-corrected chi connectivity index (χ0v) is 13.1. The second kappa shape index (κ2) is 7.36. The van der Waals surface area contributed by atoms with Crippen molar-refractivity contribution in [2.75, 3.05) is 28.4 Å². The highest BCUT2D eigenvalue weighted by atomic mass is 16.5. The number of benzene rings is 2. The molecular formula is C17H19NO4. The first kappa shape index (κ1) is 15.7. The summed E-state index contributed by atoms with van der Waals surface area (Å²) in [5.41, 5.74) is 1.64. The Kier molecular flexibility index (Phi) is 5.25. The Hall–Kier alpha value is -2.69. The Balaban J connectivity index is 2.28. The zero-order valence-electron chi connectivity index (χ0n) is 13.1. The lowest BCUT2D eigenvalue weighted by atomic mass is 10.2. The van der Waals surface area contributed by atoms with E-state index in [4.69, 9.17) is 18.9 Å². The number of hydrogen-bond acceptors (Lipinski definition) is 5. The molecule has 5 heteroatoms. The van der Waals surface area contributed by atoms with Crippen molar-refractivity contribution < 1.29 is 18.9 Å². The maximum Gasteiger partial charge on any atom is 0.162 e. The van der Waals surface area contributed by atoms with Gasteiger partial charge in [-0.05, 0) is 24.3 Å². The van der Waals surface area contributed by atoms with E-state index in [1.54, 1.807) is 34.7 Å². The Morgan fingerprint density at radius 1 is 0.727 bits per heavy atom.